The molecule has 0 saturated heterocycles. The highest BCUT2D eigenvalue weighted by molar-refractivity contribution is 7.79. The van der Waals surface area contributed by atoms with Crippen LogP contribution in [0.2, 0.25) is 0 Å². The maximum absolute atomic E-state index is 12.5. The van der Waals surface area contributed by atoms with Crippen molar-refractivity contribution in [2.45, 2.75) is 0 Å². The van der Waals surface area contributed by atoms with Crippen molar-refractivity contribution in [3.63, 3.8) is 0 Å². The predicted molar refractivity (Wildman–Crippen MR) is 44.2 cm³/mol. The van der Waals surface area contributed by atoms with Crippen LogP contribution in [0.4, 0.5) is 8.78 Å². The molecule has 0 spiro atoms. The minimum absolute atomic E-state index is 0.354. The highest BCUT2D eigenvalue weighted by Crippen LogP contribution is 2.05. The van der Waals surface area contributed by atoms with Crippen LogP contribution in [-0.2, 0) is 11.1 Å². The van der Waals surface area contributed by atoms with Gasteiger partial charge >= 0.3 is 0 Å². The quantitative estimate of drug-likeness (QED) is 0.549. The normalized spacial score (nSPS) is 15.9. The zero-order chi connectivity index (χ0) is 9.56. The Balaban J connectivity index is 4.19. The molecule has 0 rings (SSSR count). The average Bonchev–Trinajstić information content (AvgIpc) is 2.00. The Bertz CT molecular complexity index is 246. The molecule has 12 heavy (non-hydrogen) atoms. The molecule has 0 heterocycles. The third-order valence-electron chi connectivity index (χ3n) is 0.892. The van der Waals surface area contributed by atoms with Crippen molar-refractivity contribution in [1.82, 2.24) is 0 Å². The summed E-state index contributed by atoms with van der Waals surface area (Å²) in [5.74, 6) is -2.07. The van der Waals surface area contributed by atoms with Crippen LogP contribution < -0.4 is 0 Å². The van der Waals surface area contributed by atoms with E-state index in [1.165, 1.54) is 0 Å². The highest BCUT2D eigenvalue weighted by atomic mass is 32.2. The van der Waals surface area contributed by atoms with E-state index in [9.17, 15) is 13.0 Å². The van der Waals surface area contributed by atoms with E-state index in [0.717, 1.165) is 12.2 Å². The van der Waals surface area contributed by atoms with Gasteiger partial charge in [0, 0.05) is 6.08 Å². The zero-order valence-electron chi connectivity index (χ0n) is 6.17. The monoisotopic (exact) mass is 194 g/mol. The lowest BCUT2D eigenvalue weighted by atomic mass is 10.4. The first-order valence-corrected chi connectivity index (χ1v) is 4.26. The molecular formula is C7H8F2O2S. The van der Waals surface area contributed by atoms with E-state index in [-0.39, 0.29) is 5.75 Å². The van der Waals surface area contributed by atoms with Gasteiger partial charge in [0.1, 0.15) is 11.7 Å². The molecule has 0 aromatic carbocycles. The first kappa shape index (κ1) is 11.2. The molecule has 0 amide bonds. The first-order chi connectivity index (χ1) is 5.56. The largest absolute Gasteiger partial charge is 0.306 e. The number of hydrogen-bond donors (Lipinski definition) is 1. The van der Waals surface area contributed by atoms with E-state index in [2.05, 4.69) is 6.58 Å². The van der Waals surface area contributed by atoms with Crippen molar-refractivity contribution >= 4 is 11.1 Å². The van der Waals surface area contributed by atoms with Gasteiger partial charge < -0.3 is 4.55 Å². The number of rotatable bonds is 4. The highest BCUT2D eigenvalue weighted by Gasteiger charge is 1.94. The smallest absolute Gasteiger partial charge is 0.156 e. The SMILES string of the molecule is C=C/C(F)=C\C(F)=C/CS(=O)O. The zero-order valence-corrected chi connectivity index (χ0v) is 6.98. The van der Waals surface area contributed by atoms with Crippen LogP contribution in [0.25, 0.3) is 0 Å². The van der Waals surface area contributed by atoms with Crippen LogP contribution in [0.1, 0.15) is 0 Å². The molecule has 68 valence electrons. The second kappa shape index (κ2) is 5.79. The van der Waals surface area contributed by atoms with Crippen LogP contribution >= 0.6 is 0 Å². The number of halogens is 2. The van der Waals surface area contributed by atoms with Gasteiger partial charge in [-0.1, -0.05) is 6.58 Å². The summed E-state index contributed by atoms with van der Waals surface area (Å²) in [7, 11) is 0. The van der Waals surface area contributed by atoms with Gasteiger partial charge in [0.25, 0.3) is 0 Å². The Morgan fingerprint density at radius 3 is 2.50 bits per heavy atom. The maximum Gasteiger partial charge on any atom is 0.156 e. The lowest BCUT2D eigenvalue weighted by Crippen LogP contribution is -1.90. The van der Waals surface area contributed by atoms with Crippen molar-refractivity contribution in [2.75, 3.05) is 5.75 Å². The molecule has 0 fully saturated rings. The fourth-order valence-electron chi connectivity index (χ4n) is 0.400. The van der Waals surface area contributed by atoms with Gasteiger partial charge in [-0.25, -0.2) is 13.0 Å². The number of hydrogen-bond acceptors (Lipinski definition) is 1. The fourth-order valence-corrected chi connectivity index (χ4v) is 0.702. The van der Waals surface area contributed by atoms with Crippen molar-refractivity contribution in [2.24, 2.45) is 0 Å². The second-order valence-electron chi connectivity index (χ2n) is 1.81. The van der Waals surface area contributed by atoms with Crippen molar-refractivity contribution in [3.05, 3.63) is 36.5 Å². The van der Waals surface area contributed by atoms with Gasteiger partial charge in [-0.15, -0.1) is 0 Å². The summed E-state index contributed by atoms with van der Waals surface area (Å²) < 4.78 is 42.9. The maximum atomic E-state index is 12.5. The van der Waals surface area contributed by atoms with E-state index in [0.29, 0.717) is 6.08 Å². The number of allylic oxidation sites excluding steroid dienone is 4. The third-order valence-corrected chi connectivity index (χ3v) is 1.34. The summed E-state index contributed by atoms with van der Waals surface area (Å²) in [6.45, 7) is 3.06. The Hall–Kier alpha value is -0.810. The molecular weight excluding hydrogens is 186 g/mol. The molecule has 1 atom stereocenters. The Kier molecular flexibility index (Phi) is 5.40. The summed E-state index contributed by atoms with van der Waals surface area (Å²) in [6.07, 6.45) is 2.24. The molecule has 0 aliphatic heterocycles. The Morgan fingerprint density at radius 2 is 2.08 bits per heavy atom. The van der Waals surface area contributed by atoms with Crippen molar-refractivity contribution in [1.29, 1.82) is 0 Å². The van der Waals surface area contributed by atoms with Crippen LogP contribution in [0, 0.1) is 0 Å². The summed E-state index contributed by atoms with van der Waals surface area (Å²) in [5, 5.41) is 0. The van der Waals surface area contributed by atoms with E-state index in [1.807, 2.05) is 0 Å². The van der Waals surface area contributed by atoms with Crippen LogP contribution in [0.5, 0.6) is 0 Å². The van der Waals surface area contributed by atoms with Gasteiger partial charge in [-0.3, -0.25) is 0 Å². The van der Waals surface area contributed by atoms with E-state index >= 15 is 0 Å². The first-order valence-electron chi connectivity index (χ1n) is 2.99. The van der Waals surface area contributed by atoms with Crippen LogP contribution in [0.3, 0.4) is 0 Å². The van der Waals surface area contributed by atoms with Crippen molar-refractivity contribution in [3.8, 4) is 0 Å². The van der Waals surface area contributed by atoms with Crippen LogP contribution in [0.15, 0.2) is 36.5 Å². The molecule has 0 aromatic heterocycles. The van der Waals surface area contributed by atoms with Gasteiger partial charge in [0.2, 0.25) is 0 Å². The molecule has 0 aromatic rings. The lowest BCUT2D eigenvalue weighted by Gasteiger charge is -1.87. The molecule has 2 nitrogen and oxygen atoms in total. The standard InChI is InChI=1S/C7H8F2O2S/c1-2-6(8)5-7(9)3-4-12(10)11/h2-3,5H,1,4H2,(H,10,11)/b6-5+,7-3+. The predicted octanol–water partition coefficient (Wildman–Crippen LogP) is 2.10. The fraction of sp³-hybridized carbons (Fsp3) is 0.143. The second-order valence-corrected chi connectivity index (χ2v) is 2.79. The van der Waals surface area contributed by atoms with Gasteiger partial charge in [0.15, 0.2) is 11.1 Å². The van der Waals surface area contributed by atoms with Gasteiger partial charge in [-0.2, -0.15) is 0 Å². The van der Waals surface area contributed by atoms with E-state index < -0.39 is 22.7 Å². The molecule has 0 radical (unpaired) electrons. The topological polar surface area (TPSA) is 37.3 Å². The Morgan fingerprint density at radius 1 is 1.50 bits per heavy atom. The van der Waals surface area contributed by atoms with Crippen molar-refractivity contribution < 1.29 is 17.5 Å². The average molecular weight is 194 g/mol. The summed E-state index contributed by atoms with van der Waals surface area (Å²) >= 11 is -2.10. The van der Waals surface area contributed by atoms with Gasteiger partial charge in [-0.05, 0) is 12.2 Å². The molecule has 1 unspecified atom stereocenters. The Labute approximate surface area is 71.6 Å². The molecule has 0 aliphatic rings. The molecule has 0 bridgehead atoms. The minimum atomic E-state index is -2.10. The van der Waals surface area contributed by atoms with Crippen LogP contribution in [-0.4, -0.2) is 14.5 Å². The van der Waals surface area contributed by atoms with E-state index in [1.54, 1.807) is 0 Å². The summed E-state index contributed by atoms with van der Waals surface area (Å²) in [6, 6.07) is 0. The lowest BCUT2D eigenvalue weighted by molar-refractivity contribution is 0.566. The third kappa shape index (κ3) is 5.94. The summed E-state index contributed by atoms with van der Waals surface area (Å²) in [4.78, 5) is 0. The molecule has 0 aliphatic carbocycles. The molecule has 0 saturated carbocycles. The van der Waals surface area contributed by atoms with E-state index in [4.69, 9.17) is 4.55 Å². The molecule has 5 heteroatoms. The molecule has 1 N–H and O–H groups in total. The van der Waals surface area contributed by atoms with Gasteiger partial charge in [0.05, 0.1) is 5.75 Å². The summed E-state index contributed by atoms with van der Waals surface area (Å²) in [5.41, 5.74) is 0. The minimum Gasteiger partial charge on any atom is -0.306 e.